The van der Waals surface area contributed by atoms with Crippen LogP contribution in [-0.2, 0) is 4.79 Å². The number of benzene rings is 2. The molecule has 1 amide bonds. The minimum atomic E-state index is -1.17. The summed E-state index contributed by atoms with van der Waals surface area (Å²) in [5.74, 6) is 1.04. The van der Waals surface area contributed by atoms with Crippen LogP contribution >= 0.6 is 10.5 Å². The Labute approximate surface area is 164 Å². The third-order valence-corrected chi connectivity index (χ3v) is 5.27. The minimum Gasteiger partial charge on any atom is -0.482 e. The van der Waals surface area contributed by atoms with Gasteiger partial charge in [-0.3, -0.25) is 9.93 Å². The van der Waals surface area contributed by atoms with Gasteiger partial charge in [0.2, 0.25) is 5.95 Å². The monoisotopic (exact) mass is 393 g/mol. The number of rotatable bonds is 3. The van der Waals surface area contributed by atoms with Gasteiger partial charge >= 0.3 is 0 Å². The first-order chi connectivity index (χ1) is 13.5. The lowest BCUT2D eigenvalue weighted by Crippen LogP contribution is -2.35. The van der Waals surface area contributed by atoms with Crippen LogP contribution in [0.4, 0.5) is 17.3 Å². The molecule has 0 spiro atoms. The zero-order valence-corrected chi connectivity index (χ0v) is 16.1. The summed E-state index contributed by atoms with van der Waals surface area (Å²) in [6, 6.07) is 15.0. The summed E-state index contributed by atoms with van der Waals surface area (Å²) < 4.78 is 5.47. The van der Waals surface area contributed by atoms with Crippen LogP contribution in [0.1, 0.15) is 0 Å². The van der Waals surface area contributed by atoms with Crippen LogP contribution in [0.15, 0.2) is 59.6 Å². The number of fused-ring (bicyclic) bond motifs is 1. The molecule has 1 aliphatic heterocycles. The van der Waals surface area contributed by atoms with Gasteiger partial charge in [-0.15, -0.1) is 16.2 Å². The molecule has 0 radical (unpaired) electrons. The molecule has 0 aliphatic carbocycles. The van der Waals surface area contributed by atoms with Gasteiger partial charge in [-0.1, -0.05) is 6.07 Å². The molecule has 2 aromatic carbocycles. The lowest BCUT2D eigenvalue weighted by Gasteiger charge is -2.26. The molecule has 1 unspecified atom stereocenters. The van der Waals surface area contributed by atoms with Gasteiger partial charge in [-0.2, -0.15) is 0 Å². The maximum Gasteiger partial charge on any atom is 0.264 e. The van der Waals surface area contributed by atoms with E-state index in [1.807, 2.05) is 48.5 Å². The number of hydrogen-bond acceptors (Lipinski definition) is 6. The molecule has 0 saturated heterocycles. The summed E-state index contributed by atoms with van der Waals surface area (Å²) in [6.07, 6.45) is 1.68. The predicted molar refractivity (Wildman–Crippen MR) is 112 cm³/mol. The highest BCUT2D eigenvalue weighted by atomic mass is 32.2. The van der Waals surface area contributed by atoms with Crippen molar-refractivity contribution in [2.24, 2.45) is 5.14 Å². The fourth-order valence-electron chi connectivity index (χ4n) is 2.88. The van der Waals surface area contributed by atoms with Crippen molar-refractivity contribution in [3.05, 3.63) is 54.7 Å². The van der Waals surface area contributed by atoms with Crippen LogP contribution in [0.25, 0.3) is 11.3 Å². The van der Waals surface area contributed by atoms with Crippen LogP contribution in [0.2, 0.25) is 0 Å². The van der Waals surface area contributed by atoms with E-state index in [0.717, 1.165) is 21.8 Å². The summed E-state index contributed by atoms with van der Waals surface area (Å²) in [7, 11) is 0.567. The third-order valence-electron chi connectivity index (χ3n) is 4.40. The van der Waals surface area contributed by atoms with Crippen LogP contribution < -0.4 is 20.1 Å². The van der Waals surface area contributed by atoms with Gasteiger partial charge in [0.25, 0.3) is 5.91 Å². The van der Waals surface area contributed by atoms with Crippen molar-refractivity contribution in [1.29, 1.82) is 0 Å². The van der Waals surface area contributed by atoms with Crippen molar-refractivity contribution in [2.75, 3.05) is 23.9 Å². The average molecular weight is 393 g/mol. The largest absolute Gasteiger partial charge is 0.482 e. The molecular formula is C20H19N5O2S. The summed E-state index contributed by atoms with van der Waals surface area (Å²) in [5.41, 5.74) is 8.90. The molecule has 8 heteroatoms. The summed E-state index contributed by atoms with van der Waals surface area (Å²) >= 11 is 0. The van der Waals surface area contributed by atoms with Crippen molar-refractivity contribution in [3.63, 3.8) is 0 Å². The zero-order valence-electron chi connectivity index (χ0n) is 15.2. The smallest absolute Gasteiger partial charge is 0.264 e. The topological polar surface area (TPSA) is 93.4 Å². The standard InChI is InChI=1S/C20H19N5O2S/c1-25-17-10-13(6-7-18(17)27-12-19(25)26)16-8-9-22-20(24-16)23-14-4-3-5-15(11-14)28(2)21/h2-11,28H,12,21H2,1H3,(H,22,23,24). The van der Waals surface area contributed by atoms with Crippen molar-refractivity contribution >= 4 is 33.7 Å². The Bertz CT molecular complexity index is 1140. The highest BCUT2D eigenvalue weighted by Crippen LogP contribution is 2.35. The van der Waals surface area contributed by atoms with Crippen molar-refractivity contribution in [1.82, 2.24) is 9.97 Å². The van der Waals surface area contributed by atoms with E-state index < -0.39 is 10.5 Å². The van der Waals surface area contributed by atoms with Crippen molar-refractivity contribution in [3.8, 4) is 22.7 Å². The van der Waals surface area contributed by atoms with E-state index in [2.05, 4.69) is 15.3 Å². The quantitative estimate of drug-likeness (QED) is 0.592. The molecule has 0 bridgehead atoms. The Morgan fingerprint density at radius 2 is 2.11 bits per heavy atom. The Hall–Kier alpha value is -3.32. The van der Waals surface area contributed by atoms with E-state index >= 15 is 0 Å². The highest BCUT2D eigenvalue weighted by Gasteiger charge is 2.22. The second kappa shape index (κ2) is 7.36. The number of aromatic nitrogens is 2. The Kier molecular flexibility index (Phi) is 4.75. The molecule has 3 N–H and O–H groups in total. The van der Waals surface area contributed by atoms with Crippen molar-refractivity contribution in [2.45, 2.75) is 4.90 Å². The Morgan fingerprint density at radius 3 is 2.93 bits per heavy atom. The molecule has 2 heterocycles. The van der Waals surface area contributed by atoms with E-state index in [1.54, 1.807) is 18.1 Å². The molecule has 142 valence electrons. The molecule has 4 rings (SSSR count). The third kappa shape index (κ3) is 3.57. The first-order valence-corrected chi connectivity index (χ1v) is 10.0. The Morgan fingerprint density at radius 1 is 1.25 bits per heavy atom. The molecule has 1 aliphatic rings. The molecule has 3 aromatic rings. The number of likely N-dealkylation sites (N-methyl/N-ethyl adjacent to an activating group) is 1. The normalized spacial score (nSPS) is 14.2. The number of nitrogens with two attached hydrogens (primary N) is 1. The number of hydrogen-bond donors (Lipinski definition) is 3. The lowest BCUT2D eigenvalue weighted by molar-refractivity contribution is -0.120. The van der Waals surface area contributed by atoms with Gasteiger partial charge in [0.05, 0.1) is 11.4 Å². The molecule has 1 aromatic heterocycles. The maximum absolute atomic E-state index is 11.9. The van der Waals surface area contributed by atoms with E-state index in [4.69, 9.17) is 15.6 Å². The second-order valence-corrected chi connectivity index (χ2v) is 7.60. The molecule has 0 saturated carbocycles. The highest BCUT2D eigenvalue weighted by molar-refractivity contribution is 8.04. The van der Waals surface area contributed by atoms with Gasteiger partial charge in [-0.05, 0) is 42.5 Å². The number of carbonyl (C=O) groups is 1. The minimum absolute atomic E-state index is 0.0529. The number of anilines is 3. The van der Waals surface area contributed by atoms with Crippen LogP contribution in [-0.4, -0.2) is 29.5 Å². The first kappa shape index (κ1) is 18.1. The van der Waals surface area contributed by atoms with Gasteiger partial charge < -0.3 is 15.0 Å². The fourth-order valence-corrected chi connectivity index (χ4v) is 3.43. The molecule has 28 heavy (non-hydrogen) atoms. The fraction of sp³-hybridized carbons (Fsp3) is 0.100. The molecule has 0 fully saturated rings. The number of nitrogens with zero attached hydrogens (tertiary/aromatic N) is 3. The molecular weight excluding hydrogens is 374 g/mol. The summed E-state index contributed by atoms with van der Waals surface area (Å²) in [5, 5.41) is 8.97. The molecule has 1 atom stereocenters. The zero-order chi connectivity index (χ0) is 19.7. The van der Waals surface area contributed by atoms with E-state index in [9.17, 15) is 4.79 Å². The van der Waals surface area contributed by atoms with Gasteiger partial charge in [-0.25, -0.2) is 9.97 Å². The van der Waals surface area contributed by atoms with E-state index in [0.29, 0.717) is 17.4 Å². The number of amides is 1. The van der Waals surface area contributed by atoms with Gasteiger partial charge in [0, 0.05) is 29.4 Å². The van der Waals surface area contributed by atoms with Gasteiger partial charge in [0.1, 0.15) is 5.75 Å². The number of ether oxygens (including phenoxy) is 1. The average Bonchev–Trinajstić information content (AvgIpc) is 2.71. The summed E-state index contributed by atoms with van der Waals surface area (Å²) in [6.45, 7) is 0.0529. The number of nitrogens with one attached hydrogen (secondary N) is 1. The SMILES string of the molecule is C#[SH](N)c1cccc(Nc2nccc(-c3ccc4c(c3)N(C)C(=O)CO4)n2)c1. The summed E-state index contributed by atoms with van der Waals surface area (Å²) in [4.78, 5) is 23.2. The number of thiol groups is 1. The first-order valence-electron chi connectivity index (χ1n) is 8.55. The molecule has 7 nitrogen and oxygen atoms in total. The van der Waals surface area contributed by atoms with E-state index in [1.165, 1.54) is 0 Å². The van der Waals surface area contributed by atoms with Crippen LogP contribution in [0.5, 0.6) is 5.75 Å². The van der Waals surface area contributed by atoms with Crippen LogP contribution in [0, 0.1) is 5.69 Å². The van der Waals surface area contributed by atoms with Crippen molar-refractivity contribution < 1.29 is 9.53 Å². The number of carbonyl (C=O) groups excluding carboxylic acids is 1. The maximum atomic E-state index is 11.9. The van der Waals surface area contributed by atoms with E-state index in [-0.39, 0.29) is 12.5 Å². The van der Waals surface area contributed by atoms with Crippen LogP contribution in [0.3, 0.4) is 0 Å². The predicted octanol–water partition coefficient (Wildman–Crippen LogP) is 3.07. The lowest BCUT2D eigenvalue weighted by atomic mass is 10.1. The Balaban J connectivity index is 1.64. The second-order valence-electron chi connectivity index (χ2n) is 6.27. The van der Waals surface area contributed by atoms with Gasteiger partial charge in [0.15, 0.2) is 6.61 Å².